The predicted molar refractivity (Wildman–Crippen MR) is 61.9 cm³/mol. The highest BCUT2D eigenvalue weighted by Gasteiger charge is 2.12. The Morgan fingerprint density at radius 2 is 2.27 bits per heavy atom. The minimum Gasteiger partial charge on any atom is -0.310 e. The number of pyridine rings is 1. The predicted octanol–water partition coefficient (Wildman–Crippen LogP) is 2.39. The van der Waals surface area contributed by atoms with Crippen LogP contribution in [0.5, 0.6) is 0 Å². The lowest BCUT2D eigenvalue weighted by molar-refractivity contribution is 0.540. The molecule has 0 spiro atoms. The van der Waals surface area contributed by atoms with Gasteiger partial charge in [0.05, 0.1) is 11.7 Å². The molecule has 3 heteroatoms. The summed E-state index contributed by atoms with van der Waals surface area (Å²) < 4.78 is 1.93. The zero-order valence-electron chi connectivity index (χ0n) is 9.27. The fourth-order valence-electron chi connectivity index (χ4n) is 1.94. The molecule has 2 rings (SSSR count). The van der Waals surface area contributed by atoms with Crippen molar-refractivity contribution >= 4 is 5.52 Å². The second-order valence-electron chi connectivity index (χ2n) is 3.65. The van der Waals surface area contributed by atoms with Gasteiger partial charge in [0, 0.05) is 17.8 Å². The summed E-state index contributed by atoms with van der Waals surface area (Å²) >= 11 is 0. The fraction of sp³-hybridized carbons (Fsp3) is 0.417. The van der Waals surface area contributed by atoms with Crippen LogP contribution in [0.25, 0.3) is 5.52 Å². The van der Waals surface area contributed by atoms with Crippen LogP contribution in [0.15, 0.2) is 30.6 Å². The van der Waals surface area contributed by atoms with Crippen LogP contribution in [-0.2, 0) is 0 Å². The van der Waals surface area contributed by atoms with Gasteiger partial charge >= 0.3 is 0 Å². The van der Waals surface area contributed by atoms with E-state index in [4.69, 9.17) is 0 Å². The minimum atomic E-state index is 0.412. The Labute approximate surface area is 90.1 Å². The molecule has 2 aromatic heterocycles. The molecule has 0 bridgehead atoms. The van der Waals surface area contributed by atoms with Crippen LogP contribution in [0.4, 0.5) is 0 Å². The van der Waals surface area contributed by atoms with Crippen LogP contribution in [-0.4, -0.2) is 16.2 Å². The Hall–Kier alpha value is -1.35. The smallest absolute Gasteiger partial charge is 0.0709 e. The zero-order chi connectivity index (χ0) is 10.7. The van der Waals surface area contributed by atoms with Crippen molar-refractivity contribution in [3.63, 3.8) is 0 Å². The number of nitrogens with zero attached hydrogens (tertiary/aromatic N) is 2. The zero-order valence-corrected chi connectivity index (χ0v) is 9.27. The molecule has 0 aliphatic rings. The van der Waals surface area contributed by atoms with Gasteiger partial charge in [0.25, 0.3) is 0 Å². The van der Waals surface area contributed by atoms with E-state index in [1.807, 2.05) is 23.0 Å². The maximum Gasteiger partial charge on any atom is 0.0709 e. The van der Waals surface area contributed by atoms with E-state index in [1.165, 1.54) is 11.1 Å². The number of hydrogen-bond donors (Lipinski definition) is 1. The molecule has 0 saturated heterocycles. The van der Waals surface area contributed by atoms with Gasteiger partial charge in [-0.3, -0.25) is 0 Å². The Balaban J connectivity index is 2.41. The monoisotopic (exact) mass is 203 g/mol. The van der Waals surface area contributed by atoms with E-state index in [9.17, 15) is 0 Å². The van der Waals surface area contributed by atoms with Crippen molar-refractivity contribution in [1.29, 1.82) is 0 Å². The number of hydrogen-bond acceptors (Lipinski definition) is 2. The third kappa shape index (κ3) is 1.88. The van der Waals surface area contributed by atoms with Gasteiger partial charge in [-0.2, -0.15) is 5.10 Å². The molecule has 0 saturated carbocycles. The van der Waals surface area contributed by atoms with Gasteiger partial charge in [-0.25, -0.2) is 4.52 Å². The van der Waals surface area contributed by atoms with Gasteiger partial charge in [0.1, 0.15) is 0 Å². The topological polar surface area (TPSA) is 29.3 Å². The van der Waals surface area contributed by atoms with Crippen LogP contribution < -0.4 is 5.32 Å². The summed E-state index contributed by atoms with van der Waals surface area (Å²) in [6.45, 7) is 5.32. The van der Waals surface area contributed by atoms with E-state index in [1.54, 1.807) is 0 Å². The van der Waals surface area contributed by atoms with Crippen LogP contribution in [0.1, 0.15) is 31.9 Å². The van der Waals surface area contributed by atoms with Crippen molar-refractivity contribution in [2.45, 2.75) is 26.3 Å². The van der Waals surface area contributed by atoms with Gasteiger partial charge in [-0.1, -0.05) is 19.9 Å². The number of rotatable bonds is 4. The molecule has 2 aromatic rings. The second kappa shape index (κ2) is 4.45. The molecule has 80 valence electrons. The van der Waals surface area contributed by atoms with Gasteiger partial charge in [-0.05, 0) is 25.1 Å². The third-order valence-corrected chi connectivity index (χ3v) is 2.69. The highest BCUT2D eigenvalue weighted by atomic mass is 15.2. The molecule has 1 atom stereocenters. The molecule has 0 aromatic carbocycles. The molecule has 0 aliphatic carbocycles. The van der Waals surface area contributed by atoms with Crippen LogP contribution in [0, 0.1) is 0 Å². The van der Waals surface area contributed by atoms with E-state index in [2.05, 4.69) is 36.4 Å². The third-order valence-electron chi connectivity index (χ3n) is 2.69. The first-order valence-corrected chi connectivity index (χ1v) is 5.52. The lowest BCUT2D eigenvalue weighted by Gasteiger charge is -2.14. The highest BCUT2D eigenvalue weighted by molar-refractivity contribution is 5.54. The molecule has 2 heterocycles. The number of aromatic nitrogens is 2. The number of nitrogens with one attached hydrogen (secondary N) is 1. The SMILES string of the molecule is CCNC(CC)c1cnn2ccccc12. The first-order chi connectivity index (χ1) is 7.36. The Bertz CT molecular complexity index is 433. The van der Waals surface area contributed by atoms with Crippen molar-refractivity contribution in [2.75, 3.05) is 6.54 Å². The highest BCUT2D eigenvalue weighted by Crippen LogP contribution is 2.21. The summed E-state index contributed by atoms with van der Waals surface area (Å²) in [7, 11) is 0. The van der Waals surface area contributed by atoms with Gasteiger partial charge in [0.2, 0.25) is 0 Å². The van der Waals surface area contributed by atoms with E-state index in [0.29, 0.717) is 6.04 Å². The standard InChI is InChI=1S/C12H17N3/c1-3-11(13-4-2)10-9-14-15-8-6-5-7-12(10)15/h5-9,11,13H,3-4H2,1-2H3. The average Bonchev–Trinajstić information content (AvgIpc) is 2.70. The average molecular weight is 203 g/mol. The Morgan fingerprint density at radius 3 is 3.00 bits per heavy atom. The van der Waals surface area contributed by atoms with Crippen molar-refractivity contribution in [3.8, 4) is 0 Å². The first kappa shape index (κ1) is 10.2. The molecular formula is C12H17N3. The summed E-state index contributed by atoms with van der Waals surface area (Å²) in [5, 5.41) is 7.82. The van der Waals surface area contributed by atoms with Crippen molar-refractivity contribution in [3.05, 3.63) is 36.2 Å². The van der Waals surface area contributed by atoms with Crippen LogP contribution >= 0.6 is 0 Å². The van der Waals surface area contributed by atoms with E-state index < -0.39 is 0 Å². The molecule has 1 N–H and O–H groups in total. The maximum absolute atomic E-state index is 4.35. The second-order valence-corrected chi connectivity index (χ2v) is 3.65. The quantitative estimate of drug-likeness (QED) is 0.826. The van der Waals surface area contributed by atoms with Crippen LogP contribution in [0.2, 0.25) is 0 Å². The van der Waals surface area contributed by atoms with Crippen LogP contribution in [0.3, 0.4) is 0 Å². The van der Waals surface area contributed by atoms with Gasteiger partial charge < -0.3 is 5.32 Å². The van der Waals surface area contributed by atoms with E-state index in [-0.39, 0.29) is 0 Å². The number of fused-ring (bicyclic) bond motifs is 1. The van der Waals surface area contributed by atoms with E-state index in [0.717, 1.165) is 13.0 Å². The van der Waals surface area contributed by atoms with Gasteiger partial charge in [0.15, 0.2) is 0 Å². The molecule has 3 nitrogen and oxygen atoms in total. The minimum absolute atomic E-state index is 0.412. The molecule has 0 fully saturated rings. The summed E-state index contributed by atoms with van der Waals surface area (Å²) in [4.78, 5) is 0. The molecule has 0 amide bonds. The lowest BCUT2D eigenvalue weighted by Crippen LogP contribution is -2.19. The molecular weight excluding hydrogens is 186 g/mol. The van der Waals surface area contributed by atoms with Crippen molar-refractivity contribution in [1.82, 2.24) is 14.9 Å². The summed E-state index contributed by atoms with van der Waals surface area (Å²) in [5.74, 6) is 0. The summed E-state index contributed by atoms with van der Waals surface area (Å²) in [5.41, 5.74) is 2.49. The largest absolute Gasteiger partial charge is 0.310 e. The van der Waals surface area contributed by atoms with E-state index >= 15 is 0 Å². The summed E-state index contributed by atoms with van der Waals surface area (Å²) in [6, 6.07) is 6.58. The Morgan fingerprint density at radius 1 is 1.40 bits per heavy atom. The first-order valence-electron chi connectivity index (χ1n) is 5.52. The fourth-order valence-corrected chi connectivity index (χ4v) is 1.94. The Kier molecular flexibility index (Phi) is 3.02. The normalized spacial score (nSPS) is 13.2. The lowest BCUT2D eigenvalue weighted by atomic mass is 10.1. The molecule has 1 unspecified atom stereocenters. The maximum atomic E-state index is 4.35. The molecule has 0 radical (unpaired) electrons. The molecule has 15 heavy (non-hydrogen) atoms. The summed E-state index contributed by atoms with van der Waals surface area (Å²) in [6.07, 6.45) is 5.04. The van der Waals surface area contributed by atoms with Crippen molar-refractivity contribution in [2.24, 2.45) is 0 Å². The van der Waals surface area contributed by atoms with Gasteiger partial charge in [-0.15, -0.1) is 0 Å². The molecule has 0 aliphatic heterocycles. The van der Waals surface area contributed by atoms with Crippen molar-refractivity contribution < 1.29 is 0 Å².